The quantitative estimate of drug-likeness (QED) is 0.0191. The number of carbonyl (C=O) groups is 8. The molecule has 2 aromatic rings. The summed E-state index contributed by atoms with van der Waals surface area (Å²) < 4.78 is 50.8. The molecule has 2 aliphatic heterocycles. The van der Waals surface area contributed by atoms with Gasteiger partial charge in [-0.1, -0.05) is 34.6 Å². The number of carbonyl (C=O) groups excluding carboxylic acids is 8. The number of benzene rings is 2. The van der Waals surface area contributed by atoms with E-state index >= 15 is 0 Å². The zero-order chi connectivity index (χ0) is 61.6. The Morgan fingerprint density at radius 3 is 1.11 bits per heavy atom. The maximum Gasteiger partial charge on any atom is 0.407 e. The number of alkyl carbamates (subject to hydrolysis) is 2. The molecule has 0 aromatic heterocycles. The minimum atomic E-state index is -1.44. The third-order valence-corrected chi connectivity index (χ3v) is 12.7. The van der Waals surface area contributed by atoms with Crippen molar-refractivity contribution in [3.63, 3.8) is 0 Å². The second kappa shape index (κ2) is 35.5. The third kappa shape index (κ3) is 30.9. The predicted molar refractivity (Wildman–Crippen MR) is 299 cm³/mol. The van der Waals surface area contributed by atoms with Gasteiger partial charge in [-0.3, -0.25) is 28.8 Å². The van der Waals surface area contributed by atoms with Crippen LogP contribution in [-0.2, 0) is 57.1 Å². The Balaban J connectivity index is 0.000000586. The van der Waals surface area contributed by atoms with Gasteiger partial charge in [-0.25, -0.2) is 9.59 Å². The molecule has 22 nitrogen and oxygen atoms in total. The van der Waals surface area contributed by atoms with Crippen LogP contribution in [0.1, 0.15) is 150 Å². The Hall–Kier alpha value is -6.36. The number of rotatable bonds is 30. The molecule has 4 N–H and O–H groups in total. The number of aliphatic hydroxyl groups is 2. The first-order valence-corrected chi connectivity index (χ1v) is 27.5. The fourth-order valence-corrected chi connectivity index (χ4v) is 5.40. The molecule has 2 heterocycles. The highest BCUT2D eigenvalue weighted by molar-refractivity contribution is 6.02. The monoisotopic (exact) mass is 1150 g/mol. The molecule has 81 heavy (non-hydrogen) atoms. The van der Waals surface area contributed by atoms with Crippen LogP contribution in [0.25, 0.3) is 0 Å². The van der Waals surface area contributed by atoms with E-state index in [0.29, 0.717) is 48.7 Å². The van der Waals surface area contributed by atoms with Gasteiger partial charge >= 0.3 is 36.1 Å². The van der Waals surface area contributed by atoms with E-state index in [1.807, 2.05) is 48.5 Å². The second-order valence-corrected chi connectivity index (χ2v) is 22.1. The maximum absolute atomic E-state index is 11.9. The molecule has 2 aliphatic rings. The smallest absolute Gasteiger partial charge is 0.407 e. The molecule has 0 bridgehead atoms. The van der Waals surface area contributed by atoms with Crippen molar-refractivity contribution in [1.29, 1.82) is 0 Å². The SMILES string of the molecule is CCC(C)(C)C(=O)OCC1CO1.CCC(C)(C)C(=O)OCCNC(=O)OCCOc1ccc(C(=O)C(C)(C)O)cc1.CCC(C)(C)C(=O)OCCNC(=O)OCCOc1ccc(C(=O)C(C)(C)O)cc1.CCC(C)C(=O)OCC1CO1. The average Bonchev–Trinajstić information content (AvgIpc) is 4.39. The van der Waals surface area contributed by atoms with Crippen LogP contribution in [0.4, 0.5) is 9.59 Å². The van der Waals surface area contributed by atoms with E-state index in [-0.39, 0.29) is 112 Å². The lowest BCUT2D eigenvalue weighted by Gasteiger charge is -2.20. The number of Topliss-reactive ketones (excluding diaryl/α,β-unsaturated/α-hetero) is 2. The van der Waals surface area contributed by atoms with Gasteiger partial charge in [0.05, 0.1) is 48.5 Å². The van der Waals surface area contributed by atoms with Crippen molar-refractivity contribution in [2.75, 3.05) is 79.2 Å². The summed E-state index contributed by atoms with van der Waals surface area (Å²) in [6.45, 7) is 29.4. The fourth-order valence-electron chi connectivity index (χ4n) is 5.40. The standard InChI is InChI=1S/2C21H31NO7.C9H16O3.C8H14O3/c2*1-6-20(2,3)18(24)28-12-11-22-19(25)29-14-13-27-16-9-7-15(8-10-16)17(23)21(4,5)26;1-4-9(2,3)8(10)12-6-7-5-11-7;1-3-6(2)8(9)11-5-7-4-10-7/h2*7-10,26H,6,11-14H2,1-5H3,(H,22,25);7H,4-6H2,1-3H3;6-7H,3-5H2,1-2H3. The summed E-state index contributed by atoms with van der Waals surface area (Å²) in [7, 11) is 0. The molecule has 4 rings (SSSR count). The van der Waals surface area contributed by atoms with Gasteiger partial charge < -0.3 is 68.2 Å². The Morgan fingerprint density at radius 1 is 0.494 bits per heavy atom. The second-order valence-electron chi connectivity index (χ2n) is 22.1. The molecule has 2 fully saturated rings. The average molecular weight is 1150 g/mol. The van der Waals surface area contributed by atoms with Crippen molar-refractivity contribution in [1.82, 2.24) is 10.6 Å². The zero-order valence-electron chi connectivity index (χ0n) is 50.4. The highest BCUT2D eigenvalue weighted by atomic mass is 16.6. The van der Waals surface area contributed by atoms with Crippen LogP contribution in [0.3, 0.4) is 0 Å². The number of hydrogen-bond donors (Lipinski definition) is 4. The summed E-state index contributed by atoms with van der Waals surface area (Å²) in [5.74, 6) is -0.575. The molecule has 22 heteroatoms. The topological polar surface area (TPSA) is 300 Å². The highest BCUT2D eigenvalue weighted by Crippen LogP contribution is 2.24. The first-order chi connectivity index (χ1) is 37.7. The molecular formula is C59H92N2O20. The number of esters is 4. The molecule has 458 valence electrons. The van der Waals surface area contributed by atoms with Gasteiger partial charge in [0.1, 0.15) is 87.8 Å². The van der Waals surface area contributed by atoms with E-state index < -0.39 is 34.2 Å². The van der Waals surface area contributed by atoms with E-state index in [9.17, 15) is 48.6 Å². The third-order valence-electron chi connectivity index (χ3n) is 12.7. The molecule has 0 spiro atoms. The van der Waals surface area contributed by atoms with Crippen molar-refractivity contribution in [2.24, 2.45) is 22.2 Å². The molecule has 0 saturated carbocycles. The van der Waals surface area contributed by atoms with Crippen molar-refractivity contribution >= 4 is 47.6 Å². The molecule has 0 aliphatic carbocycles. The van der Waals surface area contributed by atoms with Crippen LogP contribution >= 0.6 is 0 Å². The molecule has 0 radical (unpaired) electrons. The first kappa shape index (κ1) is 72.7. The zero-order valence-corrected chi connectivity index (χ0v) is 50.4. The Morgan fingerprint density at radius 2 is 0.815 bits per heavy atom. The fraction of sp³-hybridized carbons (Fsp3) is 0.661. The number of nitrogens with one attached hydrogen (secondary N) is 2. The number of amides is 2. The van der Waals surface area contributed by atoms with Crippen LogP contribution in [0.15, 0.2) is 48.5 Å². The normalized spacial score (nSPS) is 14.8. The van der Waals surface area contributed by atoms with E-state index in [0.717, 1.165) is 26.1 Å². The van der Waals surface area contributed by atoms with Crippen molar-refractivity contribution < 1.29 is 95.9 Å². The van der Waals surface area contributed by atoms with Crippen molar-refractivity contribution in [2.45, 2.75) is 153 Å². The van der Waals surface area contributed by atoms with Crippen LogP contribution < -0.4 is 20.1 Å². The summed E-state index contributed by atoms with van der Waals surface area (Å²) in [4.78, 5) is 93.0. The summed E-state index contributed by atoms with van der Waals surface area (Å²) >= 11 is 0. The largest absolute Gasteiger partial charge is 0.490 e. The molecule has 3 unspecified atom stereocenters. The van der Waals surface area contributed by atoms with Crippen molar-refractivity contribution in [3.8, 4) is 11.5 Å². The van der Waals surface area contributed by atoms with Gasteiger partial charge in [0, 0.05) is 11.1 Å². The molecule has 2 aromatic carbocycles. The maximum atomic E-state index is 11.9. The van der Waals surface area contributed by atoms with Crippen molar-refractivity contribution in [3.05, 3.63) is 59.7 Å². The summed E-state index contributed by atoms with van der Waals surface area (Å²) in [5, 5.41) is 24.4. The summed E-state index contributed by atoms with van der Waals surface area (Å²) in [5.41, 5.74) is -3.56. The Bertz CT molecular complexity index is 2140. The number of ketones is 2. The number of ether oxygens (including phenoxy) is 10. The van der Waals surface area contributed by atoms with Crippen LogP contribution in [0.5, 0.6) is 11.5 Å². The van der Waals surface area contributed by atoms with E-state index in [2.05, 4.69) is 10.6 Å². The van der Waals surface area contributed by atoms with Gasteiger partial charge in [-0.2, -0.15) is 0 Å². The number of epoxide rings is 2. The Labute approximate surface area is 478 Å². The van der Waals surface area contributed by atoms with Gasteiger partial charge in [0.2, 0.25) is 0 Å². The predicted octanol–water partition coefficient (Wildman–Crippen LogP) is 7.79. The van der Waals surface area contributed by atoms with Crippen LogP contribution in [0, 0.1) is 22.2 Å². The number of hydrogen-bond acceptors (Lipinski definition) is 20. The van der Waals surface area contributed by atoms with Gasteiger partial charge in [0.25, 0.3) is 0 Å². The van der Waals surface area contributed by atoms with E-state index in [1.165, 1.54) is 27.7 Å². The lowest BCUT2D eigenvalue weighted by molar-refractivity contribution is -0.155. The Kier molecular flexibility index (Phi) is 31.8. The van der Waals surface area contributed by atoms with Crippen LogP contribution in [-0.4, -0.2) is 160 Å². The first-order valence-electron chi connectivity index (χ1n) is 27.5. The molecule has 3 atom stereocenters. The van der Waals surface area contributed by atoms with Gasteiger partial charge in [0.15, 0.2) is 11.6 Å². The lowest BCUT2D eigenvalue weighted by atomic mass is 9.91. The highest BCUT2D eigenvalue weighted by Gasteiger charge is 2.32. The van der Waals surface area contributed by atoms with Crippen LogP contribution in [0.2, 0.25) is 0 Å². The van der Waals surface area contributed by atoms with E-state index in [1.54, 1.807) is 76.2 Å². The lowest BCUT2D eigenvalue weighted by Crippen LogP contribution is -2.32. The summed E-state index contributed by atoms with van der Waals surface area (Å²) in [6, 6.07) is 12.6. The van der Waals surface area contributed by atoms with Gasteiger partial charge in [-0.15, -0.1) is 0 Å². The summed E-state index contributed by atoms with van der Waals surface area (Å²) in [6.07, 6.45) is 2.06. The minimum absolute atomic E-state index is 0.0220. The molecule has 2 saturated heterocycles. The minimum Gasteiger partial charge on any atom is -0.490 e. The van der Waals surface area contributed by atoms with Gasteiger partial charge in [-0.05, 0) is 143 Å². The molecule has 2 amide bonds. The van der Waals surface area contributed by atoms with E-state index in [4.69, 9.17) is 47.4 Å². The molecular weight excluding hydrogens is 1060 g/mol.